The van der Waals surface area contributed by atoms with Gasteiger partial charge in [-0.25, -0.2) is 23.0 Å². The largest absolute Gasteiger partial charge is 0.490 e. The fourth-order valence-electron chi connectivity index (χ4n) is 4.56. The fraction of sp³-hybridized carbons (Fsp3) is 0.480. The lowest BCUT2D eigenvalue weighted by Crippen LogP contribution is -2.41. The van der Waals surface area contributed by atoms with Crippen molar-refractivity contribution in [3.63, 3.8) is 0 Å². The molecule has 0 radical (unpaired) electrons. The average Bonchev–Trinajstić information content (AvgIpc) is 3.37. The van der Waals surface area contributed by atoms with Crippen LogP contribution in [0.15, 0.2) is 41.4 Å². The van der Waals surface area contributed by atoms with Crippen LogP contribution in [0.1, 0.15) is 41.6 Å². The molecule has 0 spiro atoms. The molecule has 1 atom stereocenters. The summed E-state index contributed by atoms with van der Waals surface area (Å²) in [5.41, 5.74) is 1.10. The molecule has 1 aromatic heterocycles. The van der Waals surface area contributed by atoms with Crippen molar-refractivity contribution in [1.82, 2.24) is 9.88 Å². The summed E-state index contributed by atoms with van der Waals surface area (Å²) in [6.07, 6.45) is 0.834. The van der Waals surface area contributed by atoms with E-state index in [4.69, 9.17) is 9.90 Å². The molecule has 2 aliphatic heterocycles. The number of carbonyl (C=O) groups is 2. The first-order chi connectivity index (χ1) is 18.3. The van der Waals surface area contributed by atoms with E-state index >= 15 is 0 Å². The number of aryl methyl sites for hydroxylation is 1. The molecule has 2 aromatic rings. The van der Waals surface area contributed by atoms with Crippen molar-refractivity contribution in [3.8, 4) is 0 Å². The van der Waals surface area contributed by atoms with Gasteiger partial charge in [0.2, 0.25) is 0 Å². The zero-order valence-corrected chi connectivity index (χ0v) is 22.1. The maximum atomic E-state index is 13.0. The van der Waals surface area contributed by atoms with E-state index in [9.17, 15) is 31.5 Å². The summed E-state index contributed by atoms with van der Waals surface area (Å²) in [5, 5.41) is 16.5. The maximum absolute atomic E-state index is 13.0. The number of nitrogens with zero attached hydrogens (tertiary/aromatic N) is 3. The van der Waals surface area contributed by atoms with Gasteiger partial charge in [0.05, 0.1) is 16.1 Å². The third kappa shape index (κ3) is 8.55. The van der Waals surface area contributed by atoms with Crippen molar-refractivity contribution in [3.05, 3.63) is 47.7 Å². The second-order valence-electron chi connectivity index (χ2n) is 9.58. The number of benzene rings is 1. The number of sulfonamides is 1. The number of nitrogens with one attached hydrogen (secondary N) is 1. The molecule has 4 rings (SSSR count). The zero-order chi connectivity index (χ0) is 28.8. The number of carboxylic acids is 2. The van der Waals surface area contributed by atoms with Crippen LogP contribution in [0, 0.1) is 12.8 Å². The summed E-state index contributed by atoms with van der Waals surface area (Å²) < 4.78 is 60.4. The fourth-order valence-corrected chi connectivity index (χ4v) is 5.61. The van der Waals surface area contributed by atoms with Crippen molar-refractivity contribution in [2.75, 3.05) is 42.3 Å². The molecule has 2 aliphatic rings. The second kappa shape index (κ2) is 12.6. The topological polar surface area (TPSA) is 140 Å². The van der Waals surface area contributed by atoms with Crippen molar-refractivity contribution in [2.24, 2.45) is 5.92 Å². The zero-order valence-electron chi connectivity index (χ0n) is 21.3. The van der Waals surface area contributed by atoms with Gasteiger partial charge in [-0.2, -0.15) is 13.2 Å². The summed E-state index contributed by atoms with van der Waals surface area (Å²) >= 11 is 0. The van der Waals surface area contributed by atoms with Gasteiger partial charge in [-0.3, -0.25) is 4.72 Å². The second-order valence-corrected chi connectivity index (χ2v) is 11.3. The van der Waals surface area contributed by atoms with Gasteiger partial charge >= 0.3 is 18.1 Å². The van der Waals surface area contributed by atoms with Gasteiger partial charge in [-0.05, 0) is 69.8 Å². The van der Waals surface area contributed by atoms with Crippen LogP contribution in [-0.4, -0.2) is 79.4 Å². The van der Waals surface area contributed by atoms with Crippen LogP contribution in [0.2, 0.25) is 0 Å². The van der Waals surface area contributed by atoms with Crippen molar-refractivity contribution >= 4 is 33.5 Å². The number of likely N-dealkylation sites (tertiary alicyclic amines) is 1. The molecular weight excluding hydrogens is 541 g/mol. The number of hydrogen-bond acceptors (Lipinski definition) is 7. The Kier molecular flexibility index (Phi) is 9.78. The van der Waals surface area contributed by atoms with E-state index in [0.29, 0.717) is 11.7 Å². The van der Waals surface area contributed by atoms with E-state index in [1.165, 1.54) is 25.1 Å². The van der Waals surface area contributed by atoms with Crippen LogP contribution in [0.5, 0.6) is 0 Å². The Bertz CT molecular complexity index is 1270. The highest BCUT2D eigenvalue weighted by molar-refractivity contribution is 7.92. The van der Waals surface area contributed by atoms with Crippen LogP contribution in [0.25, 0.3) is 0 Å². The Morgan fingerprint density at radius 1 is 1.08 bits per heavy atom. The van der Waals surface area contributed by atoms with Crippen LogP contribution in [0.4, 0.5) is 24.7 Å². The van der Waals surface area contributed by atoms with E-state index in [0.717, 1.165) is 51.1 Å². The highest BCUT2D eigenvalue weighted by Gasteiger charge is 2.38. The minimum atomic E-state index is -5.08. The van der Waals surface area contributed by atoms with Crippen molar-refractivity contribution in [2.45, 2.75) is 43.7 Å². The minimum absolute atomic E-state index is 0.0546. The quantitative estimate of drug-likeness (QED) is 0.452. The molecule has 1 aromatic carbocycles. The van der Waals surface area contributed by atoms with E-state index in [1.807, 2.05) is 6.92 Å². The number of alkyl halides is 3. The van der Waals surface area contributed by atoms with Crippen molar-refractivity contribution < 1.29 is 41.4 Å². The Morgan fingerprint density at radius 3 is 2.26 bits per heavy atom. The SMILES string of the molecule is Cc1ccc(S(=O)(=O)Nc2cc(C(=O)O)cnc2N2CCCC(CN3CCCC3)C2)cc1.O=C(O)C(F)(F)F. The first-order valence-corrected chi connectivity index (χ1v) is 13.8. The van der Waals surface area contributed by atoms with Gasteiger partial charge in [0.1, 0.15) is 0 Å². The maximum Gasteiger partial charge on any atom is 0.490 e. The summed E-state index contributed by atoms with van der Waals surface area (Å²) in [4.78, 5) is 29.5. The molecule has 1 unspecified atom stereocenters. The summed E-state index contributed by atoms with van der Waals surface area (Å²) in [5.74, 6) is -2.95. The summed E-state index contributed by atoms with van der Waals surface area (Å²) in [6, 6.07) is 7.90. The highest BCUT2D eigenvalue weighted by Crippen LogP contribution is 2.31. The van der Waals surface area contributed by atoms with Gasteiger partial charge in [-0.15, -0.1) is 0 Å². The third-order valence-corrected chi connectivity index (χ3v) is 7.85. The van der Waals surface area contributed by atoms with Gasteiger partial charge in [0, 0.05) is 25.8 Å². The van der Waals surface area contributed by atoms with Gasteiger partial charge < -0.3 is 20.0 Å². The predicted octanol–water partition coefficient (Wildman–Crippen LogP) is 3.83. The van der Waals surface area contributed by atoms with Gasteiger partial charge in [-0.1, -0.05) is 17.7 Å². The van der Waals surface area contributed by atoms with E-state index in [2.05, 4.69) is 19.5 Å². The molecule has 3 N–H and O–H groups in total. The van der Waals surface area contributed by atoms with Gasteiger partial charge in [0.15, 0.2) is 5.82 Å². The standard InChI is InChI=1S/C23H30N4O4S.C2HF3O2/c1-17-6-8-20(9-7-17)32(30,31)25-21-13-19(23(28)29)14-24-22(21)27-12-4-5-18(16-27)15-26-10-2-3-11-26;3-2(4,5)1(6)7/h6-9,13-14,18,25H,2-5,10-12,15-16H2,1H3,(H,28,29);(H,6,7). The minimum Gasteiger partial charge on any atom is -0.478 e. The number of aliphatic carboxylic acids is 1. The molecule has 39 heavy (non-hydrogen) atoms. The van der Waals surface area contributed by atoms with Gasteiger partial charge in [0.25, 0.3) is 10.0 Å². The first kappa shape index (κ1) is 30.2. The van der Waals surface area contributed by atoms with Crippen LogP contribution < -0.4 is 9.62 Å². The number of anilines is 2. The van der Waals surface area contributed by atoms with Crippen LogP contribution in [0.3, 0.4) is 0 Å². The smallest absolute Gasteiger partial charge is 0.478 e. The molecule has 0 saturated carbocycles. The third-order valence-electron chi connectivity index (χ3n) is 6.47. The molecule has 2 fully saturated rings. The number of halogens is 3. The molecule has 14 heteroatoms. The number of hydrogen-bond donors (Lipinski definition) is 3. The number of aromatic nitrogens is 1. The first-order valence-electron chi connectivity index (χ1n) is 12.4. The monoisotopic (exact) mass is 572 g/mol. The molecule has 0 aliphatic carbocycles. The average molecular weight is 573 g/mol. The van der Waals surface area contributed by atoms with E-state index < -0.39 is 28.1 Å². The number of piperidine rings is 1. The molecule has 0 amide bonds. The number of pyridine rings is 1. The lowest BCUT2D eigenvalue weighted by atomic mass is 9.97. The normalized spacial score (nSPS) is 18.3. The lowest BCUT2D eigenvalue weighted by molar-refractivity contribution is -0.192. The molecule has 2 saturated heterocycles. The molecule has 10 nitrogen and oxygen atoms in total. The number of aromatic carboxylic acids is 1. The summed E-state index contributed by atoms with van der Waals surface area (Å²) in [6.45, 7) is 6.74. The number of carboxylic acid groups (broad SMARTS) is 2. The Labute approximate surface area is 224 Å². The van der Waals surface area contributed by atoms with Crippen LogP contribution >= 0.6 is 0 Å². The lowest BCUT2D eigenvalue weighted by Gasteiger charge is -2.36. The predicted molar refractivity (Wildman–Crippen MR) is 137 cm³/mol. The number of rotatable bonds is 7. The molecule has 214 valence electrons. The van der Waals surface area contributed by atoms with Crippen molar-refractivity contribution in [1.29, 1.82) is 0 Å². The Hall–Kier alpha value is -3.39. The molecule has 3 heterocycles. The summed E-state index contributed by atoms with van der Waals surface area (Å²) in [7, 11) is -3.88. The van der Waals surface area contributed by atoms with Crippen LogP contribution in [-0.2, 0) is 14.8 Å². The Balaban J connectivity index is 0.000000532. The van der Waals surface area contributed by atoms with E-state index in [1.54, 1.807) is 24.3 Å². The highest BCUT2D eigenvalue weighted by atomic mass is 32.2. The molecule has 0 bridgehead atoms. The Morgan fingerprint density at radius 2 is 1.69 bits per heavy atom. The van der Waals surface area contributed by atoms with E-state index in [-0.39, 0.29) is 16.1 Å². The molecular formula is C25H31F3N4O6S.